The van der Waals surface area contributed by atoms with Gasteiger partial charge in [0.25, 0.3) is 0 Å². The van der Waals surface area contributed by atoms with Crippen LogP contribution in [-0.4, -0.2) is 40.1 Å². The van der Waals surface area contributed by atoms with E-state index in [0.717, 1.165) is 0 Å². The van der Waals surface area contributed by atoms with Gasteiger partial charge in [0, 0.05) is 0 Å². The molecular weight excluding hydrogens is 302 g/mol. The van der Waals surface area contributed by atoms with Crippen molar-refractivity contribution in [3.05, 3.63) is 28.8 Å². The van der Waals surface area contributed by atoms with Gasteiger partial charge in [0.2, 0.25) is 5.91 Å². The van der Waals surface area contributed by atoms with Crippen LogP contribution in [0.4, 0.5) is 0 Å². The first-order chi connectivity index (χ1) is 9.43. The molecule has 1 atom stereocenters. The van der Waals surface area contributed by atoms with E-state index in [-0.39, 0.29) is 23.1 Å². The lowest BCUT2D eigenvalue weighted by atomic mass is 10.1. The molecule has 5 nitrogen and oxygen atoms in total. The fraction of sp³-hybridized carbons (Fsp3) is 0.385. The molecule has 3 N–H and O–H groups in total. The molecule has 1 aromatic rings. The Kier molecular flexibility index (Phi) is 6.67. The molecule has 0 aromatic heterocycles. The maximum atomic E-state index is 11.8. The van der Waals surface area contributed by atoms with Gasteiger partial charge in [0.15, 0.2) is 0 Å². The minimum Gasteiger partial charge on any atom is -0.506 e. The Hall–Kier alpha value is -1.40. The second-order valence-electron chi connectivity index (χ2n) is 4.20. The molecule has 0 fully saturated rings. The SMILES string of the molecule is CSCC[C@H](NC(=O)Cc1ccc(O)c(Cl)c1)C(=O)O. The second kappa shape index (κ2) is 8.01. The number of phenolic OH excluding ortho intramolecular Hbond substituents is 1. The standard InChI is InChI=1S/C13H16ClNO4S/c1-20-5-4-10(13(18)19)15-12(17)7-8-2-3-11(16)9(14)6-8/h2-3,6,10,16H,4-5,7H2,1H3,(H,15,17)(H,18,19)/t10-/m0/s1. The highest BCUT2D eigenvalue weighted by molar-refractivity contribution is 7.98. The fourth-order valence-corrected chi connectivity index (χ4v) is 2.26. The number of thioether (sulfide) groups is 1. The van der Waals surface area contributed by atoms with Gasteiger partial charge in [0.05, 0.1) is 11.4 Å². The van der Waals surface area contributed by atoms with Crippen molar-refractivity contribution in [2.24, 2.45) is 0 Å². The number of rotatable bonds is 7. The molecule has 1 aromatic carbocycles. The molecule has 0 heterocycles. The zero-order valence-corrected chi connectivity index (χ0v) is 12.5. The van der Waals surface area contributed by atoms with E-state index in [1.165, 1.54) is 23.9 Å². The van der Waals surface area contributed by atoms with Crippen molar-refractivity contribution < 1.29 is 19.8 Å². The van der Waals surface area contributed by atoms with Crippen LogP contribution in [0.1, 0.15) is 12.0 Å². The van der Waals surface area contributed by atoms with Crippen LogP contribution in [0.5, 0.6) is 5.75 Å². The summed E-state index contributed by atoms with van der Waals surface area (Å²) in [6.07, 6.45) is 2.26. The molecule has 0 saturated heterocycles. The van der Waals surface area contributed by atoms with Gasteiger partial charge in [-0.25, -0.2) is 4.79 Å². The molecule has 0 bridgehead atoms. The van der Waals surface area contributed by atoms with Gasteiger partial charge in [0.1, 0.15) is 11.8 Å². The van der Waals surface area contributed by atoms with E-state index in [1.54, 1.807) is 6.07 Å². The van der Waals surface area contributed by atoms with E-state index in [9.17, 15) is 14.7 Å². The molecule has 0 saturated carbocycles. The molecule has 0 aliphatic heterocycles. The number of benzene rings is 1. The van der Waals surface area contributed by atoms with E-state index in [1.807, 2.05) is 6.26 Å². The molecule has 0 aliphatic rings. The van der Waals surface area contributed by atoms with E-state index in [0.29, 0.717) is 17.7 Å². The zero-order valence-electron chi connectivity index (χ0n) is 10.9. The largest absolute Gasteiger partial charge is 0.506 e. The molecule has 20 heavy (non-hydrogen) atoms. The van der Waals surface area contributed by atoms with Crippen LogP contribution < -0.4 is 5.32 Å². The third-order valence-electron chi connectivity index (χ3n) is 2.62. The van der Waals surface area contributed by atoms with Crippen molar-refractivity contribution >= 4 is 35.2 Å². The summed E-state index contributed by atoms with van der Waals surface area (Å²) in [5, 5.41) is 20.9. The number of hydrogen-bond acceptors (Lipinski definition) is 4. The highest BCUT2D eigenvalue weighted by Crippen LogP contribution is 2.23. The summed E-state index contributed by atoms with van der Waals surface area (Å²) in [5.74, 6) is -0.835. The van der Waals surface area contributed by atoms with Gasteiger partial charge in [-0.15, -0.1) is 0 Å². The molecule has 0 spiro atoms. The molecule has 0 radical (unpaired) electrons. The van der Waals surface area contributed by atoms with Crippen LogP contribution in [0.3, 0.4) is 0 Å². The normalized spacial score (nSPS) is 11.9. The van der Waals surface area contributed by atoms with Gasteiger partial charge in [-0.05, 0) is 36.1 Å². The van der Waals surface area contributed by atoms with Crippen LogP contribution in [-0.2, 0) is 16.0 Å². The zero-order chi connectivity index (χ0) is 15.1. The van der Waals surface area contributed by atoms with Gasteiger partial charge < -0.3 is 15.5 Å². The number of carbonyl (C=O) groups is 2. The lowest BCUT2D eigenvalue weighted by Crippen LogP contribution is -2.41. The number of carbonyl (C=O) groups excluding carboxylic acids is 1. The molecule has 1 rings (SSSR count). The highest BCUT2D eigenvalue weighted by atomic mass is 35.5. The van der Waals surface area contributed by atoms with Gasteiger partial charge in [-0.1, -0.05) is 17.7 Å². The number of carboxylic acids is 1. The Labute approximate surface area is 126 Å². The summed E-state index contributed by atoms with van der Waals surface area (Å²) in [6, 6.07) is 3.56. The van der Waals surface area contributed by atoms with Gasteiger partial charge >= 0.3 is 5.97 Å². The van der Waals surface area contributed by atoms with E-state index < -0.39 is 12.0 Å². The lowest BCUT2D eigenvalue weighted by molar-refractivity contribution is -0.141. The number of aromatic hydroxyl groups is 1. The first-order valence-electron chi connectivity index (χ1n) is 5.92. The lowest BCUT2D eigenvalue weighted by Gasteiger charge is -2.14. The fourth-order valence-electron chi connectivity index (χ4n) is 1.58. The number of aliphatic carboxylic acids is 1. The van der Waals surface area contributed by atoms with Crippen LogP contribution in [0.25, 0.3) is 0 Å². The summed E-state index contributed by atoms with van der Waals surface area (Å²) in [6.45, 7) is 0. The first kappa shape index (κ1) is 16.7. The number of nitrogens with one attached hydrogen (secondary N) is 1. The third kappa shape index (κ3) is 5.30. The van der Waals surface area contributed by atoms with Crippen molar-refractivity contribution in [2.75, 3.05) is 12.0 Å². The van der Waals surface area contributed by atoms with Crippen LogP contribution in [0, 0.1) is 0 Å². The number of halogens is 1. The molecule has 0 aliphatic carbocycles. The maximum Gasteiger partial charge on any atom is 0.326 e. The third-order valence-corrected chi connectivity index (χ3v) is 3.57. The smallest absolute Gasteiger partial charge is 0.326 e. The second-order valence-corrected chi connectivity index (χ2v) is 5.60. The Morgan fingerprint density at radius 3 is 2.70 bits per heavy atom. The quantitative estimate of drug-likeness (QED) is 0.715. The number of carboxylic acid groups (broad SMARTS) is 1. The van der Waals surface area contributed by atoms with Crippen molar-refractivity contribution in [1.82, 2.24) is 5.32 Å². The summed E-state index contributed by atoms with van der Waals surface area (Å²) < 4.78 is 0. The molecule has 7 heteroatoms. The average molecular weight is 318 g/mol. The monoisotopic (exact) mass is 317 g/mol. The predicted molar refractivity (Wildman–Crippen MR) is 79.4 cm³/mol. The van der Waals surface area contributed by atoms with E-state index in [4.69, 9.17) is 16.7 Å². The van der Waals surface area contributed by atoms with Crippen LogP contribution in [0.15, 0.2) is 18.2 Å². The molecular formula is C13H16ClNO4S. The summed E-state index contributed by atoms with van der Waals surface area (Å²) in [4.78, 5) is 22.8. The minimum atomic E-state index is -1.05. The van der Waals surface area contributed by atoms with Crippen molar-refractivity contribution in [2.45, 2.75) is 18.9 Å². The minimum absolute atomic E-state index is 0.0169. The van der Waals surface area contributed by atoms with Crippen molar-refractivity contribution in [3.63, 3.8) is 0 Å². The Morgan fingerprint density at radius 1 is 1.45 bits per heavy atom. The average Bonchev–Trinajstić information content (AvgIpc) is 2.38. The number of amides is 1. The van der Waals surface area contributed by atoms with Crippen LogP contribution in [0.2, 0.25) is 5.02 Å². The molecule has 110 valence electrons. The maximum absolute atomic E-state index is 11.8. The van der Waals surface area contributed by atoms with E-state index in [2.05, 4.69) is 5.32 Å². The van der Waals surface area contributed by atoms with E-state index >= 15 is 0 Å². The Bertz CT molecular complexity index is 495. The van der Waals surface area contributed by atoms with Gasteiger partial charge in [-0.3, -0.25) is 4.79 Å². The first-order valence-corrected chi connectivity index (χ1v) is 7.69. The van der Waals surface area contributed by atoms with Crippen molar-refractivity contribution in [1.29, 1.82) is 0 Å². The van der Waals surface area contributed by atoms with Crippen LogP contribution >= 0.6 is 23.4 Å². The Balaban J connectivity index is 2.60. The molecule has 0 unspecified atom stereocenters. The number of phenols is 1. The summed E-state index contributed by atoms with van der Waals surface area (Å²) >= 11 is 7.27. The number of hydrogen-bond donors (Lipinski definition) is 3. The van der Waals surface area contributed by atoms with Gasteiger partial charge in [-0.2, -0.15) is 11.8 Å². The predicted octanol–water partition coefficient (Wildman–Crippen LogP) is 1.91. The summed E-state index contributed by atoms with van der Waals surface area (Å²) in [5.41, 5.74) is 0.610. The topological polar surface area (TPSA) is 86.6 Å². The van der Waals surface area contributed by atoms with Crippen molar-refractivity contribution in [3.8, 4) is 5.75 Å². The highest BCUT2D eigenvalue weighted by Gasteiger charge is 2.19. The summed E-state index contributed by atoms with van der Waals surface area (Å²) in [7, 11) is 0. The Morgan fingerprint density at radius 2 is 2.15 bits per heavy atom. The molecule has 1 amide bonds.